The van der Waals surface area contributed by atoms with Crippen molar-refractivity contribution in [2.45, 2.75) is 25.2 Å². The SMILES string of the molecule is COCCNCCc1ccc(C2CC2)cc1. The van der Waals surface area contributed by atoms with E-state index >= 15 is 0 Å². The van der Waals surface area contributed by atoms with Crippen LogP contribution in [0.3, 0.4) is 0 Å². The second kappa shape index (κ2) is 6.02. The molecule has 1 aliphatic rings. The van der Waals surface area contributed by atoms with Crippen molar-refractivity contribution < 1.29 is 4.74 Å². The Kier molecular flexibility index (Phi) is 4.37. The van der Waals surface area contributed by atoms with E-state index in [1.165, 1.54) is 24.0 Å². The second-order valence-electron chi connectivity index (χ2n) is 4.51. The van der Waals surface area contributed by atoms with Gasteiger partial charge in [-0.3, -0.25) is 0 Å². The highest BCUT2D eigenvalue weighted by atomic mass is 16.5. The summed E-state index contributed by atoms with van der Waals surface area (Å²) >= 11 is 0. The quantitative estimate of drug-likeness (QED) is 0.711. The molecule has 0 aromatic heterocycles. The molecular weight excluding hydrogens is 198 g/mol. The molecule has 1 aliphatic carbocycles. The van der Waals surface area contributed by atoms with Crippen molar-refractivity contribution in [2.75, 3.05) is 26.8 Å². The molecule has 2 heteroatoms. The monoisotopic (exact) mass is 219 g/mol. The van der Waals surface area contributed by atoms with Gasteiger partial charge >= 0.3 is 0 Å². The van der Waals surface area contributed by atoms with Gasteiger partial charge in [-0.05, 0) is 42.9 Å². The molecule has 0 aliphatic heterocycles. The van der Waals surface area contributed by atoms with E-state index in [9.17, 15) is 0 Å². The van der Waals surface area contributed by atoms with Gasteiger partial charge < -0.3 is 10.1 Å². The lowest BCUT2D eigenvalue weighted by Crippen LogP contribution is -2.21. The van der Waals surface area contributed by atoms with Gasteiger partial charge in [-0.2, -0.15) is 0 Å². The van der Waals surface area contributed by atoms with Crippen LogP contribution in [0.15, 0.2) is 24.3 Å². The van der Waals surface area contributed by atoms with Crippen LogP contribution in [0.1, 0.15) is 29.9 Å². The number of nitrogens with one attached hydrogen (secondary N) is 1. The maximum absolute atomic E-state index is 4.98. The van der Waals surface area contributed by atoms with Gasteiger partial charge in [-0.25, -0.2) is 0 Å². The zero-order valence-corrected chi connectivity index (χ0v) is 10.0. The van der Waals surface area contributed by atoms with E-state index in [0.29, 0.717) is 0 Å². The number of hydrogen-bond acceptors (Lipinski definition) is 2. The maximum atomic E-state index is 4.98. The van der Waals surface area contributed by atoms with Crippen molar-refractivity contribution in [3.63, 3.8) is 0 Å². The summed E-state index contributed by atoms with van der Waals surface area (Å²) in [5.41, 5.74) is 2.95. The van der Waals surface area contributed by atoms with Crippen LogP contribution in [-0.2, 0) is 11.2 Å². The first kappa shape index (κ1) is 11.6. The highest BCUT2D eigenvalue weighted by Gasteiger charge is 2.22. The van der Waals surface area contributed by atoms with Gasteiger partial charge in [0.2, 0.25) is 0 Å². The lowest BCUT2D eigenvalue weighted by molar-refractivity contribution is 0.199. The van der Waals surface area contributed by atoms with Crippen LogP contribution in [-0.4, -0.2) is 26.8 Å². The van der Waals surface area contributed by atoms with Gasteiger partial charge in [-0.1, -0.05) is 24.3 Å². The molecule has 1 saturated carbocycles. The molecule has 0 atom stereocenters. The molecule has 0 spiro atoms. The predicted octanol–water partition coefficient (Wildman–Crippen LogP) is 2.34. The summed E-state index contributed by atoms with van der Waals surface area (Å²) in [6.45, 7) is 2.77. The van der Waals surface area contributed by atoms with E-state index in [1.54, 1.807) is 7.11 Å². The molecule has 1 fully saturated rings. The number of methoxy groups -OCH3 is 1. The minimum Gasteiger partial charge on any atom is -0.383 e. The Hall–Kier alpha value is -0.860. The largest absolute Gasteiger partial charge is 0.383 e. The van der Waals surface area contributed by atoms with Crippen molar-refractivity contribution in [3.8, 4) is 0 Å². The number of ether oxygens (including phenoxy) is 1. The minimum atomic E-state index is 0.792. The molecule has 1 aromatic carbocycles. The molecule has 2 nitrogen and oxygen atoms in total. The van der Waals surface area contributed by atoms with Crippen molar-refractivity contribution in [2.24, 2.45) is 0 Å². The summed E-state index contributed by atoms with van der Waals surface area (Å²) in [6, 6.07) is 9.13. The van der Waals surface area contributed by atoms with E-state index in [2.05, 4.69) is 29.6 Å². The van der Waals surface area contributed by atoms with Crippen LogP contribution >= 0.6 is 0 Å². The Morgan fingerprint density at radius 2 is 1.94 bits per heavy atom. The first-order chi connectivity index (χ1) is 7.90. The lowest BCUT2D eigenvalue weighted by atomic mass is 10.1. The Bertz CT molecular complexity index is 303. The zero-order valence-electron chi connectivity index (χ0n) is 10.0. The van der Waals surface area contributed by atoms with Crippen LogP contribution in [0.25, 0.3) is 0 Å². The van der Waals surface area contributed by atoms with Crippen LogP contribution in [0.2, 0.25) is 0 Å². The minimum absolute atomic E-state index is 0.792. The summed E-state index contributed by atoms with van der Waals surface area (Å²) in [7, 11) is 1.73. The van der Waals surface area contributed by atoms with E-state index in [1.807, 2.05) is 0 Å². The van der Waals surface area contributed by atoms with Gasteiger partial charge in [0.05, 0.1) is 6.61 Å². The second-order valence-corrected chi connectivity index (χ2v) is 4.51. The highest BCUT2D eigenvalue weighted by molar-refractivity contribution is 5.28. The van der Waals surface area contributed by atoms with E-state index in [-0.39, 0.29) is 0 Å². The Labute approximate surface area is 98.0 Å². The third-order valence-electron chi connectivity index (χ3n) is 3.10. The molecule has 0 amide bonds. The van der Waals surface area contributed by atoms with Gasteiger partial charge in [0.1, 0.15) is 0 Å². The third-order valence-corrected chi connectivity index (χ3v) is 3.10. The molecule has 1 aromatic rings. The fraction of sp³-hybridized carbons (Fsp3) is 0.571. The van der Waals surface area contributed by atoms with Gasteiger partial charge in [0, 0.05) is 13.7 Å². The van der Waals surface area contributed by atoms with Crippen molar-refractivity contribution >= 4 is 0 Å². The molecule has 1 N–H and O–H groups in total. The molecule has 0 saturated heterocycles. The topological polar surface area (TPSA) is 21.3 Å². The Morgan fingerprint density at radius 1 is 1.19 bits per heavy atom. The molecule has 0 radical (unpaired) electrons. The number of hydrogen-bond donors (Lipinski definition) is 1. The highest BCUT2D eigenvalue weighted by Crippen LogP contribution is 2.39. The third kappa shape index (κ3) is 3.62. The Balaban J connectivity index is 1.68. The molecule has 0 bridgehead atoms. The van der Waals surface area contributed by atoms with E-state index in [4.69, 9.17) is 4.74 Å². The van der Waals surface area contributed by atoms with Crippen LogP contribution in [0.5, 0.6) is 0 Å². The van der Waals surface area contributed by atoms with Crippen molar-refractivity contribution in [3.05, 3.63) is 35.4 Å². The van der Waals surface area contributed by atoms with Crippen molar-refractivity contribution in [1.82, 2.24) is 5.32 Å². The van der Waals surface area contributed by atoms with Crippen molar-refractivity contribution in [1.29, 1.82) is 0 Å². The molecule has 0 heterocycles. The zero-order chi connectivity index (χ0) is 11.2. The van der Waals surface area contributed by atoms with Crippen LogP contribution in [0, 0.1) is 0 Å². The fourth-order valence-electron chi connectivity index (χ4n) is 1.91. The van der Waals surface area contributed by atoms with Crippen LogP contribution in [0.4, 0.5) is 0 Å². The summed E-state index contributed by atoms with van der Waals surface area (Å²) in [6.07, 6.45) is 3.88. The van der Waals surface area contributed by atoms with Crippen LogP contribution < -0.4 is 5.32 Å². The smallest absolute Gasteiger partial charge is 0.0587 e. The average molecular weight is 219 g/mol. The first-order valence-electron chi connectivity index (χ1n) is 6.18. The normalized spacial score (nSPS) is 15.3. The summed E-state index contributed by atoms with van der Waals surface area (Å²) in [4.78, 5) is 0. The number of rotatable bonds is 7. The predicted molar refractivity (Wildman–Crippen MR) is 66.9 cm³/mol. The maximum Gasteiger partial charge on any atom is 0.0587 e. The Morgan fingerprint density at radius 3 is 2.56 bits per heavy atom. The van der Waals surface area contributed by atoms with Gasteiger partial charge in [0.15, 0.2) is 0 Å². The lowest BCUT2D eigenvalue weighted by Gasteiger charge is -2.05. The van der Waals surface area contributed by atoms with Gasteiger partial charge in [-0.15, -0.1) is 0 Å². The first-order valence-corrected chi connectivity index (χ1v) is 6.18. The molecular formula is C14H21NO. The van der Waals surface area contributed by atoms with E-state index in [0.717, 1.165) is 32.0 Å². The molecule has 16 heavy (non-hydrogen) atoms. The summed E-state index contributed by atoms with van der Waals surface area (Å²) < 4.78 is 4.98. The molecule has 2 rings (SSSR count). The summed E-state index contributed by atoms with van der Waals surface area (Å²) in [5.74, 6) is 0.869. The standard InChI is InChI=1S/C14H21NO/c1-16-11-10-15-9-8-12-2-4-13(5-3-12)14-6-7-14/h2-5,14-15H,6-11H2,1H3. The van der Waals surface area contributed by atoms with Gasteiger partial charge in [0.25, 0.3) is 0 Å². The molecule has 88 valence electrons. The molecule has 0 unspecified atom stereocenters. The fourth-order valence-corrected chi connectivity index (χ4v) is 1.91. The summed E-state index contributed by atoms with van der Waals surface area (Å²) in [5, 5.41) is 3.36. The van der Waals surface area contributed by atoms with E-state index < -0.39 is 0 Å². The average Bonchev–Trinajstić information content (AvgIpc) is 3.14. The number of benzene rings is 1.